The third kappa shape index (κ3) is 61.4. The van der Waals surface area contributed by atoms with Crippen molar-refractivity contribution in [3.05, 3.63) is 0 Å². The van der Waals surface area contributed by atoms with Gasteiger partial charge >= 0.3 is 0 Å². The van der Waals surface area contributed by atoms with Gasteiger partial charge in [-0.1, -0.05) is 21.6 Å². The molecule has 0 saturated carbocycles. The van der Waals surface area contributed by atoms with E-state index < -0.39 is 0 Å². The van der Waals surface area contributed by atoms with Crippen molar-refractivity contribution >= 4 is 92.0 Å². The number of nitrogens with zero attached hydrogens (tertiary/aromatic N) is 6. The average Bonchev–Trinajstić information content (AvgIpc) is 1.10. The van der Waals surface area contributed by atoms with Gasteiger partial charge in [0.1, 0.15) is 23.1 Å². The number of carbonyl (C=O) groups is 12. The van der Waals surface area contributed by atoms with Crippen LogP contribution >= 0.6 is 21.6 Å². The lowest BCUT2D eigenvalue weighted by atomic mass is 10.1. The molecule has 0 aliphatic rings. The fourth-order valence-electron chi connectivity index (χ4n) is 10.3. The zero-order chi connectivity index (χ0) is 76.4. The van der Waals surface area contributed by atoms with Crippen LogP contribution in [0.15, 0.2) is 0 Å². The highest BCUT2D eigenvalue weighted by Gasteiger charge is 2.20. The Balaban J connectivity index is 6.37. The minimum Gasteiger partial charge on any atom is -0.355 e. The Hall–Kier alpha value is -5.42. The van der Waals surface area contributed by atoms with Crippen LogP contribution in [0.25, 0.3) is 0 Å². The van der Waals surface area contributed by atoms with Crippen molar-refractivity contribution in [2.24, 2.45) is 45.9 Å². The summed E-state index contributed by atoms with van der Waals surface area (Å²) in [5.41, 5.74) is 44.6. The molecule has 103 heavy (non-hydrogen) atoms. The molecule has 24 N–H and O–H groups in total. The molecule has 8 amide bonds. The van der Waals surface area contributed by atoms with Gasteiger partial charge < -0.3 is 113 Å². The summed E-state index contributed by atoms with van der Waals surface area (Å²) < 4.78 is 0. The molecule has 0 atom stereocenters. The molecule has 0 heterocycles. The second kappa shape index (κ2) is 68.4. The van der Waals surface area contributed by atoms with Gasteiger partial charge in [0.15, 0.2) is 0 Å². The molecule has 0 aromatic carbocycles. The number of hydrogen-bond donors (Lipinski definition) is 16. The first-order valence-electron chi connectivity index (χ1n) is 37.1. The van der Waals surface area contributed by atoms with E-state index in [2.05, 4.69) is 52.3 Å². The molecule has 0 radical (unpaired) electrons. The van der Waals surface area contributed by atoms with E-state index in [9.17, 15) is 57.5 Å². The quantitative estimate of drug-likeness (QED) is 0.0199. The monoisotopic (exact) mass is 1500 g/mol. The number of hydrogen-bond acceptors (Lipinski definition) is 28. The molecule has 0 aromatic rings. The van der Waals surface area contributed by atoms with Gasteiger partial charge in [-0.25, -0.2) is 0 Å². The van der Waals surface area contributed by atoms with Crippen molar-refractivity contribution in [2.45, 2.75) is 122 Å². The van der Waals surface area contributed by atoms with Crippen LogP contribution in [-0.2, 0) is 57.5 Å². The van der Waals surface area contributed by atoms with Crippen LogP contribution < -0.4 is 88.4 Å². The molecule has 36 heteroatoms. The molecular formula is C67H134N22O12S2. The van der Waals surface area contributed by atoms with Crippen LogP contribution in [0.3, 0.4) is 0 Å². The molecule has 0 fully saturated rings. The second-order valence-corrected chi connectivity index (χ2v) is 27.8. The van der Waals surface area contributed by atoms with E-state index in [4.69, 9.17) is 45.9 Å². The maximum absolute atomic E-state index is 13.6. The van der Waals surface area contributed by atoms with Gasteiger partial charge in [0.2, 0.25) is 47.3 Å². The van der Waals surface area contributed by atoms with Crippen LogP contribution in [0.5, 0.6) is 0 Å². The van der Waals surface area contributed by atoms with Gasteiger partial charge in [0.25, 0.3) is 0 Å². The number of rotatable bonds is 74. The molecule has 0 aliphatic heterocycles. The van der Waals surface area contributed by atoms with Crippen molar-refractivity contribution in [2.75, 3.05) is 234 Å². The number of ketones is 4. The molecule has 34 nitrogen and oxygen atoms in total. The van der Waals surface area contributed by atoms with Gasteiger partial charge in [-0.15, -0.1) is 0 Å². The fraction of sp³-hybridized carbons (Fsp3) is 0.821. The van der Waals surface area contributed by atoms with Crippen molar-refractivity contribution < 1.29 is 57.5 Å². The predicted molar refractivity (Wildman–Crippen MR) is 408 cm³/mol. The molecular weight excluding hydrogens is 1370 g/mol. The fourth-order valence-corrected chi connectivity index (χ4v) is 12.4. The number of nitrogens with two attached hydrogens (primary N) is 8. The molecule has 0 saturated heterocycles. The smallest absolute Gasteiger partial charge is 0.234 e. The highest BCUT2D eigenvalue weighted by molar-refractivity contribution is 8.76. The normalized spacial score (nSPS) is 11.4. The van der Waals surface area contributed by atoms with Crippen molar-refractivity contribution in [1.82, 2.24) is 71.9 Å². The van der Waals surface area contributed by atoms with Crippen molar-refractivity contribution in [3.63, 3.8) is 0 Å². The Morgan fingerprint density at radius 2 is 0.417 bits per heavy atom. The molecule has 596 valence electrons. The zero-order valence-corrected chi connectivity index (χ0v) is 63.5. The number of nitrogens with one attached hydrogen (secondary N) is 8. The first kappa shape index (κ1) is 97.6. The number of carbonyl (C=O) groups excluding carboxylic acids is 12. The van der Waals surface area contributed by atoms with E-state index in [1.54, 1.807) is 26.5 Å². The first-order valence-corrected chi connectivity index (χ1v) is 39.6. The summed E-state index contributed by atoms with van der Waals surface area (Å²) in [6.45, 7) is 12.1. The van der Waals surface area contributed by atoms with E-state index in [1.165, 1.54) is 0 Å². The van der Waals surface area contributed by atoms with Gasteiger partial charge in [-0.05, 0) is 51.9 Å². The molecule has 0 spiro atoms. The van der Waals surface area contributed by atoms with Crippen molar-refractivity contribution in [3.8, 4) is 0 Å². The third-order valence-electron chi connectivity index (χ3n) is 16.3. The Morgan fingerprint density at radius 1 is 0.204 bits per heavy atom. The van der Waals surface area contributed by atoms with Crippen LogP contribution in [0.4, 0.5) is 0 Å². The lowest BCUT2D eigenvalue weighted by Gasteiger charge is -2.24. The Morgan fingerprint density at radius 3 is 0.689 bits per heavy atom. The highest BCUT2D eigenvalue weighted by Crippen LogP contribution is 2.22. The summed E-state index contributed by atoms with van der Waals surface area (Å²) in [6.07, 6.45) is 5.77. The van der Waals surface area contributed by atoms with E-state index in [-0.39, 0.29) is 187 Å². The van der Waals surface area contributed by atoms with E-state index in [0.29, 0.717) is 240 Å². The van der Waals surface area contributed by atoms with Gasteiger partial charge in [0, 0.05) is 298 Å². The van der Waals surface area contributed by atoms with Crippen LogP contribution in [0, 0.1) is 0 Å². The summed E-state index contributed by atoms with van der Waals surface area (Å²) in [5, 5.41) is 22.5. The highest BCUT2D eigenvalue weighted by atomic mass is 33.1. The maximum Gasteiger partial charge on any atom is 0.234 e. The minimum absolute atomic E-state index is 0.00207. The topological polar surface area (TPSA) is 529 Å². The summed E-state index contributed by atoms with van der Waals surface area (Å²) >= 11 is 0. The zero-order valence-electron chi connectivity index (χ0n) is 61.9. The second-order valence-electron chi connectivity index (χ2n) is 25.1. The largest absolute Gasteiger partial charge is 0.355 e. The van der Waals surface area contributed by atoms with E-state index in [0.717, 1.165) is 0 Å². The summed E-state index contributed by atoms with van der Waals surface area (Å²) in [6, 6.07) is 0. The predicted octanol–water partition coefficient (Wildman–Crippen LogP) is -5.53. The standard InChI is InChI=1S/C67H134N22O12S2/c68-20-1-5-56(90)9-38-84(42-13-60(94)76-28-22-70)36-3-7-58(92)11-40-87(46-17-65(99)82-34-49-86(39-10-57(91)6-2-21-69)45-16-63(97)79-31-25-73)51-53-102-103-54-52-88(47-18-66(100)83-35-50-89(55-67(101)81-33-27-75)48-19-64(98)80-32-26-74)41-12-59(93)8-4-37-85(43-14-61(95)77-29-23-71)44-15-62(96)78-30-24-72/h1-55,68-75H2,(H,76,94)(H,77,95)(H,78,96)(H,79,97)(H,80,98)(H,81,101)(H,82,99)(H,83,100). The van der Waals surface area contributed by atoms with E-state index >= 15 is 0 Å². The van der Waals surface area contributed by atoms with Gasteiger partial charge in [-0.3, -0.25) is 62.4 Å². The lowest BCUT2D eigenvalue weighted by molar-refractivity contribution is -0.124. The SMILES string of the molecule is NCCCC(=O)CCN(CCCC(=O)CCN(CCSSCCN(CCC(=O)CCCN(CCC(=O)NCCN)CCC(=O)NCCN)CCC(=O)NCCN(CCC(=O)NCCN)CC(=O)NCCN)CCC(=O)NCCN(CCC(=O)CCCN)CCC(=O)NCCN)CCC(=O)NCCN. The van der Waals surface area contributed by atoms with Crippen LogP contribution in [0.2, 0.25) is 0 Å². The molecule has 0 aromatic heterocycles. The van der Waals surface area contributed by atoms with E-state index in [1.807, 2.05) is 14.7 Å². The van der Waals surface area contributed by atoms with Crippen LogP contribution in [0.1, 0.15) is 122 Å². The summed E-state index contributed by atoms with van der Waals surface area (Å²) in [7, 11) is 3.24. The lowest BCUT2D eigenvalue weighted by Crippen LogP contribution is -2.44. The Kier molecular flexibility index (Phi) is 64.8. The molecule has 0 rings (SSSR count). The summed E-state index contributed by atoms with van der Waals surface area (Å²) in [4.78, 5) is 166. The Bertz CT molecular complexity index is 2200. The van der Waals surface area contributed by atoms with Crippen LogP contribution in [-0.4, -0.2) is 334 Å². The average molecular weight is 1500 g/mol. The summed E-state index contributed by atoms with van der Waals surface area (Å²) in [5.74, 6) is -0.0578. The van der Waals surface area contributed by atoms with Gasteiger partial charge in [0.05, 0.1) is 6.54 Å². The molecule has 0 unspecified atom stereocenters. The maximum atomic E-state index is 13.6. The third-order valence-corrected chi connectivity index (χ3v) is 18.7. The molecule has 0 bridgehead atoms. The number of amides is 8. The number of Topliss-reactive ketones (excluding diaryl/α,β-unsaturated/α-hetero) is 4. The Labute approximate surface area is 620 Å². The van der Waals surface area contributed by atoms with Crippen molar-refractivity contribution in [1.29, 1.82) is 0 Å². The van der Waals surface area contributed by atoms with Gasteiger partial charge in [-0.2, -0.15) is 0 Å². The first-order chi connectivity index (χ1) is 49.7. The molecule has 0 aliphatic carbocycles. The minimum atomic E-state index is -0.264.